The SMILES string of the molecule is Cn1c(CN)nnc1-c1ccc(C(F)(F)F)cc1. The smallest absolute Gasteiger partial charge is 0.324 e. The van der Waals surface area contributed by atoms with Crippen molar-refractivity contribution < 1.29 is 13.2 Å². The third-order valence-corrected chi connectivity index (χ3v) is 2.62. The molecule has 0 spiro atoms. The van der Waals surface area contributed by atoms with Crippen molar-refractivity contribution in [2.24, 2.45) is 12.8 Å². The fourth-order valence-electron chi connectivity index (χ4n) is 1.60. The fraction of sp³-hybridized carbons (Fsp3) is 0.273. The van der Waals surface area contributed by atoms with Crippen molar-refractivity contribution in [2.75, 3.05) is 0 Å². The zero-order valence-electron chi connectivity index (χ0n) is 9.57. The minimum Gasteiger partial charge on any atom is -0.324 e. The predicted octanol–water partition coefficient (Wildman–Crippen LogP) is 1.96. The number of aromatic nitrogens is 3. The maximum absolute atomic E-state index is 12.4. The van der Waals surface area contributed by atoms with E-state index >= 15 is 0 Å². The first kappa shape index (κ1) is 12.6. The molecule has 2 aromatic rings. The molecule has 1 aromatic carbocycles. The zero-order chi connectivity index (χ0) is 13.3. The molecule has 0 saturated carbocycles. The van der Waals surface area contributed by atoms with Crippen molar-refractivity contribution in [2.45, 2.75) is 12.7 Å². The minimum absolute atomic E-state index is 0.226. The van der Waals surface area contributed by atoms with Crippen molar-refractivity contribution in [3.63, 3.8) is 0 Å². The molecule has 2 N–H and O–H groups in total. The maximum atomic E-state index is 12.4. The molecule has 0 aliphatic carbocycles. The molecule has 0 saturated heterocycles. The summed E-state index contributed by atoms with van der Waals surface area (Å²) in [6, 6.07) is 4.78. The highest BCUT2D eigenvalue weighted by Crippen LogP contribution is 2.30. The highest BCUT2D eigenvalue weighted by molar-refractivity contribution is 5.56. The zero-order valence-corrected chi connectivity index (χ0v) is 9.57. The molecule has 2 rings (SSSR count). The summed E-state index contributed by atoms with van der Waals surface area (Å²) in [5.41, 5.74) is 5.33. The average molecular weight is 256 g/mol. The van der Waals surface area contributed by atoms with E-state index in [4.69, 9.17) is 5.73 Å². The molecule has 0 bridgehead atoms. The van der Waals surface area contributed by atoms with Crippen LogP contribution in [-0.4, -0.2) is 14.8 Å². The van der Waals surface area contributed by atoms with E-state index in [-0.39, 0.29) is 6.54 Å². The Balaban J connectivity index is 2.37. The van der Waals surface area contributed by atoms with Gasteiger partial charge in [-0.25, -0.2) is 0 Å². The molecule has 0 unspecified atom stereocenters. The third kappa shape index (κ3) is 2.21. The molecule has 4 nitrogen and oxygen atoms in total. The quantitative estimate of drug-likeness (QED) is 0.893. The maximum Gasteiger partial charge on any atom is 0.416 e. The first-order valence-corrected chi connectivity index (χ1v) is 5.19. The monoisotopic (exact) mass is 256 g/mol. The Morgan fingerprint density at radius 2 is 1.78 bits per heavy atom. The molecule has 0 fully saturated rings. The van der Waals surface area contributed by atoms with Gasteiger partial charge in [0.15, 0.2) is 5.82 Å². The van der Waals surface area contributed by atoms with E-state index in [0.717, 1.165) is 12.1 Å². The van der Waals surface area contributed by atoms with Crippen LogP contribution in [0.5, 0.6) is 0 Å². The largest absolute Gasteiger partial charge is 0.416 e. The molecule has 1 heterocycles. The topological polar surface area (TPSA) is 56.7 Å². The molecule has 18 heavy (non-hydrogen) atoms. The Bertz CT molecular complexity index is 542. The fourth-order valence-corrected chi connectivity index (χ4v) is 1.60. The van der Waals surface area contributed by atoms with E-state index in [0.29, 0.717) is 17.2 Å². The summed E-state index contributed by atoms with van der Waals surface area (Å²) in [6.07, 6.45) is -4.33. The van der Waals surface area contributed by atoms with Gasteiger partial charge in [0.25, 0.3) is 0 Å². The van der Waals surface area contributed by atoms with Gasteiger partial charge in [-0.15, -0.1) is 10.2 Å². The predicted molar refractivity (Wildman–Crippen MR) is 59.3 cm³/mol. The van der Waals surface area contributed by atoms with E-state index < -0.39 is 11.7 Å². The van der Waals surface area contributed by atoms with Crippen LogP contribution in [0.25, 0.3) is 11.4 Å². The highest BCUT2D eigenvalue weighted by atomic mass is 19.4. The summed E-state index contributed by atoms with van der Waals surface area (Å²) in [5.74, 6) is 1.06. The molecule has 0 aliphatic rings. The number of rotatable bonds is 2. The second-order valence-electron chi connectivity index (χ2n) is 3.78. The van der Waals surface area contributed by atoms with E-state index in [1.165, 1.54) is 12.1 Å². The normalized spacial score (nSPS) is 11.8. The standard InChI is InChI=1S/C11H11F3N4/c1-18-9(6-15)16-17-10(18)7-2-4-8(5-3-7)11(12,13)14/h2-5H,6,15H2,1H3. The van der Waals surface area contributed by atoms with E-state index in [9.17, 15) is 13.2 Å². The number of benzene rings is 1. The van der Waals surface area contributed by atoms with Crippen LogP contribution in [0.15, 0.2) is 24.3 Å². The summed E-state index contributed by atoms with van der Waals surface area (Å²) in [6.45, 7) is 0.226. The summed E-state index contributed by atoms with van der Waals surface area (Å²) >= 11 is 0. The Kier molecular flexibility index (Phi) is 3.08. The molecule has 1 aromatic heterocycles. The molecule has 0 aliphatic heterocycles. The number of hydrogen-bond donors (Lipinski definition) is 1. The van der Waals surface area contributed by atoms with Gasteiger partial charge in [-0.2, -0.15) is 13.2 Å². The number of nitrogens with zero attached hydrogens (tertiary/aromatic N) is 3. The van der Waals surface area contributed by atoms with Gasteiger partial charge in [0.1, 0.15) is 5.82 Å². The van der Waals surface area contributed by atoms with Crippen LogP contribution in [0.3, 0.4) is 0 Å². The lowest BCUT2D eigenvalue weighted by Crippen LogP contribution is -2.06. The van der Waals surface area contributed by atoms with Crippen molar-refractivity contribution in [3.8, 4) is 11.4 Å². The minimum atomic E-state index is -4.33. The Labute approximate surface area is 101 Å². The first-order chi connectivity index (χ1) is 8.43. The lowest BCUT2D eigenvalue weighted by molar-refractivity contribution is -0.137. The molecule has 96 valence electrons. The van der Waals surface area contributed by atoms with Gasteiger partial charge < -0.3 is 10.3 Å². The molecular formula is C11H11F3N4. The van der Waals surface area contributed by atoms with E-state index in [1.807, 2.05) is 0 Å². The number of halogens is 3. The van der Waals surface area contributed by atoms with Gasteiger partial charge in [0.05, 0.1) is 12.1 Å². The van der Waals surface area contributed by atoms with Crippen LogP contribution in [0.4, 0.5) is 13.2 Å². The van der Waals surface area contributed by atoms with Crippen molar-refractivity contribution in [1.82, 2.24) is 14.8 Å². The number of nitrogens with two attached hydrogens (primary N) is 1. The van der Waals surface area contributed by atoms with Crippen LogP contribution in [0, 0.1) is 0 Å². The van der Waals surface area contributed by atoms with Crippen LogP contribution >= 0.6 is 0 Å². The molecule has 7 heteroatoms. The molecular weight excluding hydrogens is 245 g/mol. The van der Waals surface area contributed by atoms with Crippen LogP contribution < -0.4 is 5.73 Å². The van der Waals surface area contributed by atoms with E-state index in [1.54, 1.807) is 11.6 Å². The second-order valence-corrected chi connectivity index (χ2v) is 3.78. The van der Waals surface area contributed by atoms with Crippen LogP contribution in [0.1, 0.15) is 11.4 Å². The number of hydrogen-bond acceptors (Lipinski definition) is 3. The number of alkyl halides is 3. The second kappa shape index (κ2) is 4.41. The summed E-state index contributed by atoms with van der Waals surface area (Å²) in [4.78, 5) is 0. The van der Waals surface area contributed by atoms with Gasteiger partial charge in [-0.1, -0.05) is 12.1 Å². The Morgan fingerprint density at radius 1 is 1.17 bits per heavy atom. The van der Waals surface area contributed by atoms with Crippen molar-refractivity contribution in [3.05, 3.63) is 35.7 Å². The van der Waals surface area contributed by atoms with Gasteiger partial charge in [-0.05, 0) is 12.1 Å². The third-order valence-electron chi connectivity index (χ3n) is 2.62. The van der Waals surface area contributed by atoms with Gasteiger partial charge >= 0.3 is 6.18 Å². The molecule has 0 radical (unpaired) electrons. The average Bonchev–Trinajstić information content (AvgIpc) is 2.69. The Morgan fingerprint density at radius 3 is 2.22 bits per heavy atom. The van der Waals surface area contributed by atoms with Gasteiger partial charge in [0.2, 0.25) is 0 Å². The molecule has 0 amide bonds. The van der Waals surface area contributed by atoms with E-state index in [2.05, 4.69) is 10.2 Å². The summed E-state index contributed by atoms with van der Waals surface area (Å²) in [5, 5.41) is 7.75. The summed E-state index contributed by atoms with van der Waals surface area (Å²) in [7, 11) is 1.72. The lowest BCUT2D eigenvalue weighted by Gasteiger charge is -2.07. The van der Waals surface area contributed by atoms with Crippen molar-refractivity contribution >= 4 is 0 Å². The summed E-state index contributed by atoms with van der Waals surface area (Å²) < 4.78 is 38.9. The lowest BCUT2D eigenvalue weighted by atomic mass is 10.1. The molecule has 0 atom stereocenters. The highest BCUT2D eigenvalue weighted by Gasteiger charge is 2.30. The van der Waals surface area contributed by atoms with Crippen molar-refractivity contribution in [1.29, 1.82) is 0 Å². The van der Waals surface area contributed by atoms with Gasteiger partial charge in [0, 0.05) is 12.6 Å². The Hall–Kier alpha value is -1.89. The van der Waals surface area contributed by atoms with Crippen LogP contribution in [-0.2, 0) is 19.8 Å². The van der Waals surface area contributed by atoms with Crippen LogP contribution in [0.2, 0.25) is 0 Å². The first-order valence-electron chi connectivity index (χ1n) is 5.19. The van der Waals surface area contributed by atoms with Gasteiger partial charge in [-0.3, -0.25) is 0 Å².